The summed E-state index contributed by atoms with van der Waals surface area (Å²) in [5, 5.41) is 0. The van der Waals surface area contributed by atoms with Crippen LogP contribution in [-0.2, 0) is 9.53 Å². The number of carbonyl (C=O) groups is 2. The fourth-order valence-corrected chi connectivity index (χ4v) is 3.15. The second-order valence-electron chi connectivity index (χ2n) is 5.90. The van der Waals surface area contributed by atoms with E-state index in [4.69, 9.17) is 4.74 Å². The van der Waals surface area contributed by atoms with Gasteiger partial charge in [-0.3, -0.25) is 14.6 Å². The van der Waals surface area contributed by atoms with Crippen molar-refractivity contribution in [2.45, 2.75) is 45.1 Å². The molecule has 0 radical (unpaired) electrons. The molecule has 1 aromatic rings. The van der Waals surface area contributed by atoms with Crippen LogP contribution in [0.2, 0.25) is 0 Å². The minimum atomic E-state index is -0.285. The highest BCUT2D eigenvalue weighted by molar-refractivity contribution is 5.94. The lowest BCUT2D eigenvalue weighted by atomic mass is 9.84. The van der Waals surface area contributed by atoms with Gasteiger partial charge in [0.1, 0.15) is 0 Å². The zero-order valence-corrected chi connectivity index (χ0v) is 13.3. The highest BCUT2D eigenvalue weighted by Gasteiger charge is 2.31. The first-order valence-corrected chi connectivity index (χ1v) is 7.91. The minimum Gasteiger partial charge on any atom is -0.469 e. The van der Waals surface area contributed by atoms with Crippen molar-refractivity contribution in [3.05, 3.63) is 30.1 Å². The molecule has 120 valence electrons. The third-order valence-electron chi connectivity index (χ3n) is 4.42. The van der Waals surface area contributed by atoms with Crippen LogP contribution in [-0.4, -0.2) is 41.5 Å². The van der Waals surface area contributed by atoms with E-state index in [1.807, 2.05) is 4.90 Å². The average molecular weight is 304 g/mol. The summed E-state index contributed by atoms with van der Waals surface area (Å²) in [6.07, 6.45) is 7.92. The monoisotopic (exact) mass is 304 g/mol. The van der Waals surface area contributed by atoms with Gasteiger partial charge in [0.2, 0.25) is 0 Å². The molecule has 1 amide bonds. The number of pyridine rings is 1. The van der Waals surface area contributed by atoms with Gasteiger partial charge >= 0.3 is 5.97 Å². The van der Waals surface area contributed by atoms with Crippen LogP contribution in [0.15, 0.2) is 24.5 Å². The standard InChI is InChI=1S/C17H24N2O3/c1-13-6-3-4-8-15(13)19(11-9-16(20)22-2)17(21)14-7-5-10-18-12-14/h5,7,10,12-13,15H,3-4,6,8-9,11H2,1-2H3. The fraction of sp³-hybridized carbons (Fsp3) is 0.588. The Labute approximate surface area is 131 Å². The van der Waals surface area contributed by atoms with Gasteiger partial charge in [-0.25, -0.2) is 0 Å². The van der Waals surface area contributed by atoms with Crippen molar-refractivity contribution in [2.24, 2.45) is 5.92 Å². The Balaban J connectivity index is 2.16. The fourth-order valence-electron chi connectivity index (χ4n) is 3.15. The van der Waals surface area contributed by atoms with Crippen LogP contribution in [0.3, 0.4) is 0 Å². The summed E-state index contributed by atoms with van der Waals surface area (Å²) >= 11 is 0. The van der Waals surface area contributed by atoms with Crippen LogP contribution in [0.4, 0.5) is 0 Å². The Hall–Kier alpha value is -1.91. The molecule has 2 atom stereocenters. The number of aromatic nitrogens is 1. The molecule has 22 heavy (non-hydrogen) atoms. The smallest absolute Gasteiger partial charge is 0.307 e. The van der Waals surface area contributed by atoms with Crippen LogP contribution in [0.5, 0.6) is 0 Å². The van der Waals surface area contributed by atoms with Crippen molar-refractivity contribution in [2.75, 3.05) is 13.7 Å². The number of hydrogen-bond donors (Lipinski definition) is 0. The summed E-state index contributed by atoms with van der Waals surface area (Å²) in [7, 11) is 1.37. The van der Waals surface area contributed by atoms with Gasteiger partial charge in [-0.2, -0.15) is 0 Å². The average Bonchev–Trinajstić information content (AvgIpc) is 2.56. The first-order valence-electron chi connectivity index (χ1n) is 7.91. The van der Waals surface area contributed by atoms with Gasteiger partial charge in [0.15, 0.2) is 0 Å². The van der Waals surface area contributed by atoms with Gasteiger partial charge < -0.3 is 9.64 Å². The molecule has 2 unspecified atom stereocenters. The third kappa shape index (κ3) is 4.06. The second-order valence-corrected chi connectivity index (χ2v) is 5.90. The summed E-state index contributed by atoms with van der Waals surface area (Å²) in [5.41, 5.74) is 0.574. The Kier molecular flexibility index (Phi) is 5.92. The summed E-state index contributed by atoms with van der Waals surface area (Å²) in [5.74, 6) is 0.121. The van der Waals surface area contributed by atoms with Gasteiger partial charge in [-0.15, -0.1) is 0 Å². The van der Waals surface area contributed by atoms with E-state index < -0.39 is 0 Å². The molecule has 0 aliphatic heterocycles. The molecule has 1 aliphatic carbocycles. The third-order valence-corrected chi connectivity index (χ3v) is 4.42. The molecule has 1 aliphatic rings. The van der Waals surface area contributed by atoms with Crippen LogP contribution in [0.25, 0.3) is 0 Å². The Bertz CT molecular complexity index is 504. The first kappa shape index (κ1) is 16.5. The van der Waals surface area contributed by atoms with Crippen molar-refractivity contribution in [3.63, 3.8) is 0 Å². The van der Waals surface area contributed by atoms with Crippen molar-refractivity contribution < 1.29 is 14.3 Å². The molecular formula is C17H24N2O3. The minimum absolute atomic E-state index is 0.0456. The molecule has 5 heteroatoms. The Morgan fingerprint density at radius 1 is 1.36 bits per heavy atom. The van der Waals surface area contributed by atoms with E-state index in [0.29, 0.717) is 18.0 Å². The summed E-state index contributed by atoms with van der Waals surface area (Å²) in [4.78, 5) is 30.2. The molecule has 0 aromatic carbocycles. The zero-order valence-electron chi connectivity index (χ0n) is 13.3. The molecule has 1 fully saturated rings. The molecular weight excluding hydrogens is 280 g/mol. The summed E-state index contributed by atoms with van der Waals surface area (Å²) in [6.45, 7) is 2.58. The van der Waals surface area contributed by atoms with E-state index in [1.54, 1.807) is 24.5 Å². The van der Waals surface area contributed by atoms with E-state index >= 15 is 0 Å². The lowest BCUT2D eigenvalue weighted by Gasteiger charge is -2.38. The molecule has 0 spiro atoms. The van der Waals surface area contributed by atoms with Gasteiger partial charge in [0, 0.05) is 25.0 Å². The predicted molar refractivity (Wildman–Crippen MR) is 83.3 cm³/mol. The number of esters is 1. The summed E-state index contributed by atoms with van der Waals surface area (Å²) < 4.78 is 4.71. The Morgan fingerprint density at radius 3 is 2.77 bits per heavy atom. The van der Waals surface area contributed by atoms with Gasteiger partial charge in [0.25, 0.3) is 5.91 Å². The molecule has 0 bridgehead atoms. The molecule has 2 rings (SSSR count). The van der Waals surface area contributed by atoms with Crippen molar-refractivity contribution in [3.8, 4) is 0 Å². The van der Waals surface area contributed by atoms with Gasteiger partial charge in [-0.05, 0) is 30.9 Å². The number of amides is 1. The maximum atomic E-state index is 12.8. The topological polar surface area (TPSA) is 59.5 Å². The lowest BCUT2D eigenvalue weighted by Crippen LogP contribution is -2.46. The first-order chi connectivity index (χ1) is 10.6. The van der Waals surface area contributed by atoms with Crippen molar-refractivity contribution in [1.29, 1.82) is 0 Å². The Morgan fingerprint density at radius 2 is 2.14 bits per heavy atom. The van der Waals surface area contributed by atoms with E-state index in [2.05, 4.69) is 11.9 Å². The molecule has 0 saturated heterocycles. The number of carbonyl (C=O) groups excluding carboxylic acids is 2. The largest absolute Gasteiger partial charge is 0.469 e. The molecule has 1 heterocycles. The van der Waals surface area contributed by atoms with Crippen molar-refractivity contribution >= 4 is 11.9 Å². The quantitative estimate of drug-likeness (QED) is 0.785. The molecule has 0 N–H and O–H groups in total. The number of hydrogen-bond acceptors (Lipinski definition) is 4. The predicted octanol–water partition coefficient (Wildman–Crippen LogP) is 2.67. The molecule has 5 nitrogen and oxygen atoms in total. The normalized spacial score (nSPS) is 21.2. The van der Waals surface area contributed by atoms with Crippen LogP contribution in [0.1, 0.15) is 49.4 Å². The van der Waals surface area contributed by atoms with E-state index in [9.17, 15) is 9.59 Å². The number of ether oxygens (including phenoxy) is 1. The van der Waals surface area contributed by atoms with Crippen LogP contribution < -0.4 is 0 Å². The van der Waals surface area contributed by atoms with Crippen LogP contribution in [0, 0.1) is 5.92 Å². The van der Waals surface area contributed by atoms with Gasteiger partial charge in [-0.1, -0.05) is 19.8 Å². The highest BCUT2D eigenvalue weighted by atomic mass is 16.5. The molecule has 1 aromatic heterocycles. The summed E-state index contributed by atoms with van der Waals surface area (Å²) in [6, 6.07) is 3.72. The molecule has 1 saturated carbocycles. The maximum absolute atomic E-state index is 12.8. The zero-order chi connectivity index (χ0) is 15.9. The maximum Gasteiger partial charge on any atom is 0.307 e. The number of nitrogens with zero attached hydrogens (tertiary/aromatic N) is 2. The van der Waals surface area contributed by atoms with Crippen LogP contribution >= 0.6 is 0 Å². The van der Waals surface area contributed by atoms with Gasteiger partial charge in [0.05, 0.1) is 19.1 Å². The second kappa shape index (κ2) is 7.92. The van der Waals surface area contributed by atoms with Crippen molar-refractivity contribution in [1.82, 2.24) is 9.88 Å². The SMILES string of the molecule is COC(=O)CCN(C(=O)c1cccnc1)C1CCCCC1C. The van der Waals surface area contributed by atoms with E-state index in [1.165, 1.54) is 13.5 Å². The number of methoxy groups -OCH3 is 1. The lowest BCUT2D eigenvalue weighted by molar-refractivity contribution is -0.141. The highest BCUT2D eigenvalue weighted by Crippen LogP contribution is 2.29. The van der Waals surface area contributed by atoms with E-state index in [-0.39, 0.29) is 24.3 Å². The van der Waals surface area contributed by atoms with E-state index in [0.717, 1.165) is 19.3 Å². The number of rotatable bonds is 5.